The Kier molecular flexibility index (Phi) is 7.76. The second-order valence-electron chi connectivity index (χ2n) is 8.39. The van der Waals surface area contributed by atoms with Crippen molar-refractivity contribution in [3.63, 3.8) is 0 Å². The summed E-state index contributed by atoms with van der Waals surface area (Å²) in [4.78, 5) is 11.0. The number of nitrogens with zero attached hydrogens (tertiary/aromatic N) is 4. The van der Waals surface area contributed by atoms with Crippen LogP contribution < -0.4 is 26.1 Å². The Labute approximate surface area is 195 Å². The molecule has 3 aliphatic heterocycles. The number of rotatable bonds is 8. The van der Waals surface area contributed by atoms with Crippen molar-refractivity contribution in [2.45, 2.75) is 40.5 Å². The van der Waals surface area contributed by atoms with Crippen LogP contribution in [0.1, 0.15) is 32.6 Å². The van der Waals surface area contributed by atoms with Crippen LogP contribution in [0.25, 0.3) is 0 Å². The fraction of sp³-hybridized carbons (Fsp3) is 0.800. The van der Waals surface area contributed by atoms with E-state index in [-0.39, 0.29) is 27.0 Å². The number of hydrogen-bond donors (Lipinski definition) is 0. The molecule has 10 heteroatoms. The number of alkyl halides is 2. The molecule has 1 aromatic heterocycles. The molecule has 4 rings (SSSR count). The van der Waals surface area contributed by atoms with Crippen LogP contribution in [0.3, 0.4) is 0 Å². The quantitative estimate of drug-likeness (QED) is 0.304. The molecule has 3 fully saturated rings. The molecule has 0 aromatic carbocycles. The molecular formula is C20H31ClIN4O3S-. The number of hydrogen-bond acceptors (Lipinski definition) is 6. The molecule has 0 radical (unpaired) electrons. The molecular weight excluding hydrogens is 539 g/mol. The van der Waals surface area contributed by atoms with E-state index in [0.717, 1.165) is 58.9 Å². The van der Waals surface area contributed by atoms with Gasteiger partial charge < -0.3 is 0 Å². The number of halogens is 2. The van der Waals surface area contributed by atoms with E-state index in [9.17, 15) is 8.42 Å². The van der Waals surface area contributed by atoms with E-state index in [2.05, 4.69) is 14.9 Å². The van der Waals surface area contributed by atoms with Crippen molar-refractivity contribution in [3.8, 4) is 0 Å². The van der Waals surface area contributed by atoms with E-state index in [0.29, 0.717) is 24.0 Å². The maximum absolute atomic E-state index is 12.0. The van der Waals surface area contributed by atoms with Crippen LogP contribution in [0, 0.1) is 11.8 Å². The number of ether oxygens (including phenoxy) is 1. The van der Waals surface area contributed by atoms with Gasteiger partial charge in [-0.15, -0.1) is 0 Å². The molecule has 7 nitrogen and oxygen atoms in total. The van der Waals surface area contributed by atoms with Crippen LogP contribution in [0.4, 0.5) is 5.95 Å². The van der Waals surface area contributed by atoms with E-state index in [1.165, 1.54) is 12.8 Å². The van der Waals surface area contributed by atoms with Crippen LogP contribution in [-0.4, -0.2) is 75.7 Å². The van der Waals surface area contributed by atoms with Gasteiger partial charge >= 0.3 is 196 Å². The molecule has 0 bridgehead atoms. The third-order valence-corrected chi connectivity index (χ3v) is 12.4. The molecule has 0 unspecified atom stereocenters. The Morgan fingerprint density at radius 1 is 1.10 bits per heavy atom. The number of anilines is 1. The van der Waals surface area contributed by atoms with Gasteiger partial charge in [-0.1, -0.05) is 0 Å². The fourth-order valence-corrected chi connectivity index (χ4v) is 9.06. The Morgan fingerprint density at radius 3 is 2.40 bits per heavy atom. The molecule has 2 atom stereocenters. The molecule has 0 spiro atoms. The Morgan fingerprint density at radius 2 is 1.77 bits per heavy atom. The summed E-state index contributed by atoms with van der Waals surface area (Å²) in [6, 6.07) is 0. The molecule has 0 N–H and O–H groups in total. The van der Waals surface area contributed by atoms with Crippen molar-refractivity contribution in [1.29, 1.82) is 0 Å². The second kappa shape index (κ2) is 10.1. The van der Waals surface area contributed by atoms with Gasteiger partial charge in [-0.25, -0.2) is 0 Å². The Balaban J connectivity index is 1.11. The topological polar surface area (TPSA) is 75.6 Å². The summed E-state index contributed by atoms with van der Waals surface area (Å²) in [5.41, 5.74) is 0. The average Bonchev–Trinajstić information content (AvgIpc) is 3.54. The SMILES string of the molecule is CCS(=O)(=O)N1CCC(COC[C@@H]2[I-][C@@H]2C2CCN(c3ncc(Cl)cn3)CC2)CC1. The molecule has 3 saturated heterocycles. The van der Waals surface area contributed by atoms with Gasteiger partial charge in [0, 0.05) is 0 Å². The zero-order chi connectivity index (χ0) is 21.1. The first-order chi connectivity index (χ1) is 14.5. The standard InChI is InChI=1S/C20H31ClIN4O3S/c1-2-30(27,28)26-9-3-15(4-10-26)13-29-14-18-19(22-18)16-5-7-25(8-6-16)20-23-11-17(21)12-24-20/h11-12,15-16,18-19H,2-10,13-14H2,1H3/q-1/t18-,19+/m0/s1. The normalized spacial score (nSPS) is 27.1. The van der Waals surface area contributed by atoms with Gasteiger partial charge in [0.15, 0.2) is 0 Å². The van der Waals surface area contributed by atoms with Crippen molar-refractivity contribution < 1.29 is 34.4 Å². The Hall–Kier alpha value is -0.230. The summed E-state index contributed by atoms with van der Waals surface area (Å²) in [6.07, 6.45) is 7.63. The van der Waals surface area contributed by atoms with Gasteiger partial charge in [0.25, 0.3) is 0 Å². The molecule has 170 valence electrons. The van der Waals surface area contributed by atoms with E-state index in [1.807, 2.05) is 0 Å². The molecule has 30 heavy (non-hydrogen) atoms. The van der Waals surface area contributed by atoms with E-state index in [4.69, 9.17) is 16.3 Å². The Bertz CT molecular complexity index is 797. The number of sulfonamides is 1. The first kappa shape index (κ1) is 22.9. The van der Waals surface area contributed by atoms with Crippen molar-refractivity contribution >= 4 is 27.6 Å². The van der Waals surface area contributed by atoms with Crippen LogP contribution in [-0.2, 0) is 14.8 Å². The van der Waals surface area contributed by atoms with E-state index >= 15 is 0 Å². The first-order valence-corrected chi connectivity index (χ1v) is 15.3. The first-order valence-electron chi connectivity index (χ1n) is 10.9. The van der Waals surface area contributed by atoms with Crippen LogP contribution in [0.5, 0.6) is 0 Å². The van der Waals surface area contributed by atoms with Crippen LogP contribution in [0.2, 0.25) is 5.02 Å². The predicted molar refractivity (Wildman–Crippen MR) is 114 cm³/mol. The van der Waals surface area contributed by atoms with Crippen LogP contribution >= 0.6 is 11.6 Å². The van der Waals surface area contributed by atoms with Gasteiger partial charge in [-0.2, -0.15) is 0 Å². The van der Waals surface area contributed by atoms with Crippen LogP contribution in [0.15, 0.2) is 12.4 Å². The molecule has 0 saturated carbocycles. The molecule has 1 aromatic rings. The molecule has 0 amide bonds. The summed E-state index contributed by atoms with van der Waals surface area (Å²) in [5.74, 6) is 2.33. The zero-order valence-corrected chi connectivity index (χ0v) is 21.1. The third kappa shape index (κ3) is 5.76. The number of piperidine rings is 2. The van der Waals surface area contributed by atoms with Gasteiger partial charge in [0.2, 0.25) is 0 Å². The summed E-state index contributed by atoms with van der Waals surface area (Å²) in [5, 5.41) is 0.579. The van der Waals surface area contributed by atoms with Gasteiger partial charge in [0.1, 0.15) is 0 Å². The van der Waals surface area contributed by atoms with Gasteiger partial charge in [-0.05, 0) is 0 Å². The van der Waals surface area contributed by atoms with Crippen molar-refractivity contribution in [3.05, 3.63) is 17.4 Å². The monoisotopic (exact) mass is 569 g/mol. The summed E-state index contributed by atoms with van der Waals surface area (Å²) in [7, 11) is -3.03. The maximum atomic E-state index is 12.0. The van der Waals surface area contributed by atoms with E-state index in [1.54, 1.807) is 23.6 Å². The molecule has 3 aliphatic rings. The van der Waals surface area contributed by atoms with Crippen molar-refractivity contribution in [2.24, 2.45) is 11.8 Å². The van der Waals surface area contributed by atoms with Crippen molar-refractivity contribution in [1.82, 2.24) is 14.3 Å². The third-order valence-electron chi connectivity index (χ3n) is 6.43. The van der Waals surface area contributed by atoms with Crippen molar-refractivity contribution in [2.75, 3.05) is 50.0 Å². The molecule has 4 heterocycles. The fourth-order valence-electron chi connectivity index (χ4n) is 4.44. The van der Waals surface area contributed by atoms with Gasteiger partial charge in [0.05, 0.1) is 0 Å². The second-order valence-corrected chi connectivity index (χ2v) is 14.8. The minimum atomic E-state index is -3.03. The van der Waals surface area contributed by atoms with E-state index < -0.39 is 10.0 Å². The predicted octanol–water partition coefficient (Wildman–Crippen LogP) is -0.735. The average molecular weight is 570 g/mol. The summed E-state index contributed by atoms with van der Waals surface area (Å²) < 4.78 is 33.4. The number of aromatic nitrogens is 2. The summed E-state index contributed by atoms with van der Waals surface area (Å²) in [6.45, 7) is 6.77. The zero-order valence-electron chi connectivity index (χ0n) is 17.4. The minimum absolute atomic E-state index is 0.201. The molecule has 0 aliphatic carbocycles. The van der Waals surface area contributed by atoms with Gasteiger partial charge in [-0.3, -0.25) is 0 Å². The summed E-state index contributed by atoms with van der Waals surface area (Å²) >= 11 is 6.16.